The number of ketones is 3. The van der Waals surface area contributed by atoms with Gasteiger partial charge in [0, 0.05) is 0 Å². The van der Waals surface area contributed by atoms with Crippen LogP contribution >= 0.6 is 0 Å². The lowest BCUT2D eigenvalue weighted by Crippen LogP contribution is -2.60. The van der Waals surface area contributed by atoms with Crippen LogP contribution in [0, 0.1) is 22.7 Å². The smallest absolute Gasteiger partial charge is 0.163 e. The second kappa shape index (κ2) is 9.17. The van der Waals surface area contributed by atoms with Crippen molar-refractivity contribution in [3.63, 3.8) is 0 Å². The van der Waals surface area contributed by atoms with Gasteiger partial charge in [-0.05, 0) is 37.5 Å². The molecule has 160 valence electrons. The van der Waals surface area contributed by atoms with Crippen molar-refractivity contribution in [1.29, 1.82) is 0 Å². The Morgan fingerprint density at radius 3 is 1.14 bits per heavy atom. The molecule has 0 aliphatic heterocycles. The van der Waals surface area contributed by atoms with Gasteiger partial charge in [-0.15, -0.1) is 0 Å². The van der Waals surface area contributed by atoms with E-state index >= 15 is 0 Å². The molecule has 0 bridgehead atoms. The van der Waals surface area contributed by atoms with Crippen molar-refractivity contribution in [1.82, 2.24) is 0 Å². The third-order valence-corrected chi connectivity index (χ3v) is 7.27. The van der Waals surface area contributed by atoms with E-state index in [9.17, 15) is 14.4 Å². The summed E-state index contributed by atoms with van der Waals surface area (Å²) < 4.78 is 0. The average Bonchev–Trinajstić information content (AvgIpc) is 2.71. The van der Waals surface area contributed by atoms with E-state index in [1.165, 1.54) is 0 Å². The van der Waals surface area contributed by atoms with Crippen LogP contribution in [-0.2, 0) is 14.4 Å². The summed E-state index contributed by atoms with van der Waals surface area (Å²) in [5.74, 6) is -0.516. The summed E-state index contributed by atoms with van der Waals surface area (Å²) in [4.78, 5) is 41.2. The average molecular weight is 393 g/mol. The third kappa shape index (κ3) is 4.11. The molecule has 28 heavy (non-hydrogen) atoms. The van der Waals surface area contributed by atoms with Crippen LogP contribution in [0.2, 0.25) is 0 Å². The first kappa shape index (κ1) is 23.2. The van der Waals surface area contributed by atoms with Gasteiger partial charge in [-0.25, -0.2) is 0 Å². The first-order valence-corrected chi connectivity index (χ1v) is 11.2. The molecule has 5 heteroatoms. The highest BCUT2D eigenvalue weighted by Gasteiger charge is 2.59. The van der Waals surface area contributed by atoms with E-state index in [4.69, 9.17) is 11.5 Å². The number of carbonyl (C=O) groups excluding carboxylic acids is 3. The Hall–Kier alpha value is -1.07. The Morgan fingerprint density at radius 1 is 0.607 bits per heavy atom. The lowest BCUT2D eigenvalue weighted by atomic mass is 9.54. The zero-order valence-electron chi connectivity index (χ0n) is 18.3. The van der Waals surface area contributed by atoms with Crippen molar-refractivity contribution in [3.8, 4) is 0 Å². The Balaban J connectivity index is 2.52. The largest absolute Gasteiger partial charge is 0.321 e. The summed E-state index contributed by atoms with van der Waals surface area (Å²) in [6, 6.07) is -1.34. The first-order valence-electron chi connectivity index (χ1n) is 11.2. The van der Waals surface area contributed by atoms with Crippen LogP contribution in [0.5, 0.6) is 0 Å². The van der Waals surface area contributed by atoms with Crippen LogP contribution in [0.4, 0.5) is 0 Å². The van der Waals surface area contributed by atoms with Crippen molar-refractivity contribution in [3.05, 3.63) is 0 Å². The minimum atomic E-state index is -1.11. The third-order valence-electron chi connectivity index (χ3n) is 7.27. The highest BCUT2D eigenvalue weighted by molar-refractivity contribution is 6.19. The summed E-state index contributed by atoms with van der Waals surface area (Å²) in [6.45, 7) is 7.67. The molecule has 0 aromatic heterocycles. The lowest BCUT2D eigenvalue weighted by Gasteiger charge is -2.46. The molecule has 0 saturated heterocycles. The minimum Gasteiger partial charge on any atom is -0.321 e. The standard InChI is InChI=1S/C23H40N2O3/c1-15(2)17(24)19(26)22(11-7-5-8-12-22)21(28)23(13-9-6-10-14-23)20(27)18(25)16(3)4/h15-18H,5-14,24-25H2,1-4H3/t17-,18-/m0/s1. The van der Waals surface area contributed by atoms with Crippen molar-refractivity contribution in [2.45, 2.75) is 104 Å². The van der Waals surface area contributed by atoms with E-state index in [2.05, 4.69) is 0 Å². The number of carbonyl (C=O) groups is 3. The van der Waals surface area contributed by atoms with Gasteiger partial charge in [-0.2, -0.15) is 0 Å². The zero-order chi connectivity index (χ0) is 21.1. The van der Waals surface area contributed by atoms with Crippen LogP contribution in [0.1, 0.15) is 91.9 Å². The van der Waals surface area contributed by atoms with E-state index in [0.29, 0.717) is 25.7 Å². The molecule has 2 atom stereocenters. The van der Waals surface area contributed by atoms with Gasteiger partial charge in [0.15, 0.2) is 17.3 Å². The summed E-state index contributed by atoms with van der Waals surface area (Å²) in [5, 5.41) is 0. The van der Waals surface area contributed by atoms with Gasteiger partial charge in [0.2, 0.25) is 0 Å². The number of rotatable bonds is 8. The van der Waals surface area contributed by atoms with E-state index in [1.807, 2.05) is 27.7 Å². The maximum absolute atomic E-state index is 14.2. The molecule has 2 aliphatic carbocycles. The van der Waals surface area contributed by atoms with E-state index in [0.717, 1.165) is 38.5 Å². The number of hydrogen-bond acceptors (Lipinski definition) is 5. The highest BCUT2D eigenvalue weighted by Crippen LogP contribution is 2.50. The van der Waals surface area contributed by atoms with Crippen LogP contribution in [-0.4, -0.2) is 29.4 Å². The minimum absolute atomic E-state index is 0.0324. The predicted molar refractivity (Wildman–Crippen MR) is 112 cm³/mol. The molecule has 0 amide bonds. The Kier molecular flexibility index (Phi) is 7.60. The fraction of sp³-hybridized carbons (Fsp3) is 0.870. The molecule has 2 aliphatic rings. The Morgan fingerprint density at radius 2 is 0.893 bits per heavy atom. The SMILES string of the molecule is CC(C)[C@H](N)C(=O)C1(C(=O)C2(C(=O)[C@@H](N)C(C)C)CCCCC2)CCCCC1. The van der Waals surface area contributed by atoms with Crippen LogP contribution in [0.25, 0.3) is 0 Å². The summed E-state index contributed by atoms with van der Waals surface area (Å²) in [7, 11) is 0. The molecule has 4 N–H and O–H groups in total. The number of hydrogen-bond donors (Lipinski definition) is 2. The summed E-state index contributed by atoms with van der Waals surface area (Å²) in [5.41, 5.74) is 10.3. The molecule has 0 aromatic carbocycles. The van der Waals surface area contributed by atoms with E-state index < -0.39 is 22.9 Å². The molecule has 0 unspecified atom stereocenters. The summed E-state index contributed by atoms with van der Waals surface area (Å²) in [6.07, 6.45) is 7.48. The monoisotopic (exact) mass is 392 g/mol. The maximum atomic E-state index is 14.2. The van der Waals surface area contributed by atoms with Crippen molar-refractivity contribution < 1.29 is 14.4 Å². The van der Waals surface area contributed by atoms with Gasteiger partial charge in [0.1, 0.15) is 0 Å². The van der Waals surface area contributed by atoms with Crippen LogP contribution in [0.3, 0.4) is 0 Å². The van der Waals surface area contributed by atoms with E-state index in [-0.39, 0.29) is 29.2 Å². The lowest BCUT2D eigenvalue weighted by molar-refractivity contribution is -0.157. The first-order chi connectivity index (χ1) is 13.1. The molecular weight excluding hydrogens is 352 g/mol. The molecule has 2 saturated carbocycles. The maximum Gasteiger partial charge on any atom is 0.163 e. The molecular formula is C23H40N2O3. The van der Waals surface area contributed by atoms with Crippen LogP contribution < -0.4 is 11.5 Å². The van der Waals surface area contributed by atoms with E-state index in [1.54, 1.807) is 0 Å². The van der Waals surface area contributed by atoms with Gasteiger partial charge in [0.25, 0.3) is 0 Å². The predicted octanol–water partition coefficient (Wildman–Crippen LogP) is 3.56. The summed E-state index contributed by atoms with van der Waals surface area (Å²) >= 11 is 0. The zero-order valence-corrected chi connectivity index (χ0v) is 18.3. The van der Waals surface area contributed by atoms with Crippen molar-refractivity contribution >= 4 is 17.3 Å². The second-order valence-corrected chi connectivity index (χ2v) is 9.88. The normalized spacial score (nSPS) is 24.0. The topological polar surface area (TPSA) is 103 Å². The molecule has 0 aromatic rings. The van der Waals surface area contributed by atoms with Gasteiger partial charge in [0.05, 0.1) is 22.9 Å². The Bertz CT molecular complexity index is 535. The van der Waals surface area contributed by atoms with Gasteiger partial charge in [-0.1, -0.05) is 66.2 Å². The van der Waals surface area contributed by atoms with Crippen molar-refractivity contribution in [2.75, 3.05) is 0 Å². The van der Waals surface area contributed by atoms with Crippen LogP contribution in [0.15, 0.2) is 0 Å². The molecule has 0 heterocycles. The van der Waals surface area contributed by atoms with Gasteiger partial charge >= 0.3 is 0 Å². The quantitative estimate of drug-likeness (QED) is 0.615. The van der Waals surface area contributed by atoms with Crippen molar-refractivity contribution in [2.24, 2.45) is 34.1 Å². The molecule has 0 radical (unpaired) electrons. The molecule has 2 rings (SSSR count). The number of nitrogens with two attached hydrogens (primary N) is 2. The fourth-order valence-corrected chi connectivity index (χ4v) is 5.18. The molecule has 5 nitrogen and oxygen atoms in total. The fourth-order valence-electron chi connectivity index (χ4n) is 5.18. The van der Waals surface area contributed by atoms with Gasteiger partial charge < -0.3 is 11.5 Å². The molecule has 0 spiro atoms. The van der Waals surface area contributed by atoms with Gasteiger partial charge in [-0.3, -0.25) is 14.4 Å². The Labute approximate surface area is 170 Å². The highest BCUT2D eigenvalue weighted by atomic mass is 16.2. The molecule has 2 fully saturated rings. The second-order valence-electron chi connectivity index (χ2n) is 9.88. The number of Topliss-reactive ketones (excluding diaryl/α,β-unsaturated/α-hetero) is 3.